The van der Waals surface area contributed by atoms with Gasteiger partial charge in [-0.3, -0.25) is 9.59 Å². The molecule has 0 saturated carbocycles. The highest BCUT2D eigenvalue weighted by Crippen LogP contribution is 2.08. The predicted octanol–water partition coefficient (Wildman–Crippen LogP) is 0.521. The molecule has 0 saturated heterocycles. The van der Waals surface area contributed by atoms with Gasteiger partial charge >= 0.3 is 0 Å². The molecular weight excluding hydrogens is 206 g/mol. The van der Waals surface area contributed by atoms with Crippen LogP contribution >= 0.6 is 0 Å². The van der Waals surface area contributed by atoms with E-state index in [-0.39, 0.29) is 18.4 Å². The van der Waals surface area contributed by atoms with Crippen molar-refractivity contribution in [1.82, 2.24) is 10.2 Å². The second kappa shape index (κ2) is 7.69. The molecule has 1 atom stereocenters. The normalized spacial score (nSPS) is 11.4. The first-order chi connectivity index (χ1) is 7.56. The Morgan fingerprint density at radius 2 is 2.06 bits per heavy atom. The minimum atomic E-state index is -0.635. The van der Waals surface area contributed by atoms with Gasteiger partial charge in [0.05, 0.1) is 12.6 Å². The van der Waals surface area contributed by atoms with Gasteiger partial charge in [-0.15, -0.1) is 0 Å². The topological polar surface area (TPSA) is 73.2 Å². The lowest BCUT2D eigenvalue weighted by molar-refractivity contribution is -0.136. The molecule has 0 radical (unpaired) electrons. The van der Waals surface area contributed by atoms with Crippen molar-refractivity contribution in [3.63, 3.8) is 0 Å². The van der Waals surface area contributed by atoms with Crippen LogP contribution < -0.4 is 5.32 Å². The van der Waals surface area contributed by atoms with Crippen LogP contribution in [0.15, 0.2) is 0 Å². The number of hydrogen-bond donors (Lipinski definition) is 1. The van der Waals surface area contributed by atoms with Crippen molar-refractivity contribution in [3.8, 4) is 6.07 Å². The summed E-state index contributed by atoms with van der Waals surface area (Å²) < 4.78 is 0. The quantitative estimate of drug-likeness (QED) is 0.716. The lowest BCUT2D eigenvalue weighted by Gasteiger charge is -2.19. The largest absolute Gasteiger partial charge is 0.355 e. The Labute approximate surface area is 96.4 Å². The first kappa shape index (κ1) is 14.4. The smallest absolute Gasteiger partial charge is 0.240 e. The molecule has 5 nitrogen and oxygen atoms in total. The van der Waals surface area contributed by atoms with E-state index in [1.807, 2.05) is 19.9 Å². The van der Waals surface area contributed by atoms with E-state index < -0.39 is 5.92 Å². The molecule has 0 rings (SSSR count). The van der Waals surface area contributed by atoms with E-state index in [0.717, 1.165) is 6.42 Å². The summed E-state index contributed by atoms with van der Waals surface area (Å²) in [5, 5.41) is 11.4. The maximum atomic E-state index is 11.7. The minimum absolute atomic E-state index is 0.00850. The maximum Gasteiger partial charge on any atom is 0.240 e. The highest BCUT2D eigenvalue weighted by molar-refractivity contribution is 5.86. The molecule has 16 heavy (non-hydrogen) atoms. The summed E-state index contributed by atoms with van der Waals surface area (Å²) in [6.45, 7) is 4.28. The molecule has 5 heteroatoms. The fourth-order valence-electron chi connectivity index (χ4n) is 1.34. The lowest BCUT2D eigenvalue weighted by atomic mass is 10.0. The van der Waals surface area contributed by atoms with Crippen LogP contribution in [0.4, 0.5) is 0 Å². The van der Waals surface area contributed by atoms with Crippen molar-refractivity contribution in [1.29, 1.82) is 5.26 Å². The molecule has 90 valence electrons. The molecular formula is C11H19N3O2. The highest BCUT2D eigenvalue weighted by Gasteiger charge is 2.21. The molecule has 0 aliphatic rings. The van der Waals surface area contributed by atoms with Crippen molar-refractivity contribution >= 4 is 11.8 Å². The van der Waals surface area contributed by atoms with Crippen LogP contribution in [0.3, 0.4) is 0 Å². The molecule has 0 fully saturated rings. The molecule has 0 aromatic heterocycles. The van der Waals surface area contributed by atoms with Crippen molar-refractivity contribution in [2.75, 3.05) is 20.1 Å². The molecule has 0 bridgehead atoms. The first-order valence-electron chi connectivity index (χ1n) is 5.48. The highest BCUT2D eigenvalue weighted by atomic mass is 16.2. The summed E-state index contributed by atoms with van der Waals surface area (Å²) >= 11 is 0. The van der Waals surface area contributed by atoms with Crippen molar-refractivity contribution < 1.29 is 9.59 Å². The van der Waals surface area contributed by atoms with E-state index in [1.54, 1.807) is 0 Å². The second-order valence-electron chi connectivity index (χ2n) is 3.62. The average Bonchev–Trinajstić information content (AvgIpc) is 2.25. The maximum absolute atomic E-state index is 11.7. The van der Waals surface area contributed by atoms with Gasteiger partial charge in [-0.05, 0) is 13.3 Å². The summed E-state index contributed by atoms with van der Waals surface area (Å²) in [5.74, 6) is -1.12. The zero-order valence-corrected chi connectivity index (χ0v) is 10.1. The Bertz CT molecular complexity index is 283. The molecule has 1 unspecified atom stereocenters. The van der Waals surface area contributed by atoms with Gasteiger partial charge in [0.15, 0.2) is 0 Å². The Balaban J connectivity index is 4.26. The van der Waals surface area contributed by atoms with Crippen molar-refractivity contribution in [2.45, 2.75) is 26.7 Å². The van der Waals surface area contributed by atoms with Gasteiger partial charge in [-0.2, -0.15) is 5.26 Å². The average molecular weight is 225 g/mol. The van der Waals surface area contributed by atoms with Gasteiger partial charge < -0.3 is 10.2 Å². The monoisotopic (exact) mass is 225 g/mol. The van der Waals surface area contributed by atoms with E-state index in [2.05, 4.69) is 5.32 Å². The molecule has 1 N–H and O–H groups in total. The summed E-state index contributed by atoms with van der Waals surface area (Å²) in [7, 11) is 1.54. The number of rotatable bonds is 6. The zero-order valence-electron chi connectivity index (χ0n) is 10.1. The molecule has 0 aromatic carbocycles. The fraction of sp³-hybridized carbons (Fsp3) is 0.727. The Kier molecular flexibility index (Phi) is 6.93. The summed E-state index contributed by atoms with van der Waals surface area (Å²) in [6.07, 6.45) is 1.31. The van der Waals surface area contributed by atoms with E-state index in [0.29, 0.717) is 13.0 Å². The minimum Gasteiger partial charge on any atom is -0.355 e. The van der Waals surface area contributed by atoms with Gasteiger partial charge in [0.25, 0.3) is 0 Å². The molecule has 2 amide bonds. The number of nitrogens with one attached hydrogen (secondary N) is 1. The number of nitriles is 1. The number of nitrogens with zero attached hydrogens (tertiary/aromatic N) is 2. The Morgan fingerprint density at radius 1 is 1.44 bits per heavy atom. The van der Waals surface area contributed by atoms with Gasteiger partial charge in [0, 0.05) is 13.6 Å². The van der Waals surface area contributed by atoms with Crippen LogP contribution in [0.2, 0.25) is 0 Å². The number of carbonyl (C=O) groups excluding carboxylic acids is 2. The van der Waals surface area contributed by atoms with Gasteiger partial charge in [0.1, 0.15) is 5.92 Å². The summed E-state index contributed by atoms with van der Waals surface area (Å²) in [6, 6.07) is 1.97. The fourth-order valence-corrected chi connectivity index (χ4v) is 1.34. The molecule has 0 heterocycles. The number of hydrogen-bond acceptors (Lipinski definition) is 3. The lowest BCUT2D eigenvalue weighted by Crippen LogP contribution is -2.40. The van der Waals surface area contributed by atoms with Crippen molar-refractivity contribution in [2.24, 2.45) is 5.92 Å². The predicted molar refractivity (Wildman–Crippen MR) is 60.3 cm³/mol. The van der Waals surface area contributed by atoms with E-state index >= 15 is 0 Å². The third kappa shape index (κ3) is 4.78. The van der Waals surface area contributed by atoms with Crippen LogP contribution in [0.5, 0.6) is 0 Å². The van der Waals surface area contributed by atoms with Crippen LogP contribution in [0, 0.1) is 17.2 Å². The van der Waals surface area contributed by atoms with E-state index in [9.17, 15) is 9.59 Å². The molecule has 0 aromatic rings. The van der Waals surface area contributed by atoms with E-state index in [4.69, 9.17) is 5.26 Å². The van der Waals surface area contributed by atoms with Crippen LogP contribution in [-0.2, 0) is 9.59 Å². The molecule has 0 spiro atoms. The second-order valence-corrected chi connectivity index (χ2v) is 3.62. The third-order valence-corrected chi connectivity index (χ3v) is 2.16. The van der Waals surface area contributed by atoms with Gasteiger partial charge in [-0.25, -0.2) is 0 Å². The summed E-state index contributed by atoms with van der Waals surface area (Å²) in [4.78, 5) is 24.3. The Morgan fingerprint density at radius 3 is 2.50 bits per heavy atom. The summed E-state index contributed by atoms with van der Waals surface area (Å²) in [5.41, 5.74) is 0. The number of carbonyl (C=O) groups is 2. The number of likely N-dealkylation sites (N-methyl/N-ethyl adjacent to an activating group) is 2. The SMILES string of the molecule is CCCC(C#N)C(=O)N(C)CC(=O)NCC. The van der Waals surface area contributed by atoms with Gasteiger partial charge in [0.2, 0.25) is 11.8 Å². The third-order valence-electron chi connectivity index (χ3n) is 2.16. The van der Waals surface area contributed by atoms with Crippen LogP contribution in [-0.4, -0.2) is 36.9 Å². The van der Waals surface area contributed by atoms with Crippen LogP contribution in [0.1, 0.15) is 26.7 Å². The van der Waals surface area contributed by atoms with Crippen molar-refractivity contribution in [3.05, 3.63) is 0 Å². The molecule has 0 aliphatic heterocycles. The first-order valence-corrected chi connectivity index (χ1v) is 5.48. The van der Waals surface area contributed by atoms with E-state index in [1.165, 1.54) is 11.9 Å². The number of amides is 2. The molecule has 0 aliphatic carbocycles. The Hall–Kier alpha value is -1.57. The van der Waals surface area contributed by atoms with Crippen LogP contribution in [0.25, 0.3) is 0 Å². The standard InChI is InChI=1S/C11H19N3O2/c1-4-6-9(7-12)11(16)14(3)8-10(15)13-5-2/h9H,4-6,8H2,1-3H3,(H,13,15). The van der Waals surface area contributed by atoms with Gasteiger partial charge in [-0.1, -0.05) is 13.3 Å². The zero-order chi connectivity index (χ0) is 12.6.